The van der Waals surface area contributed by atoms with E-state index < -0.39 is 5.97 Å². The number of hydrogen-bond acceptors (Lipinski definition) is 2. The van der Waals surface area contributed by atoms with Crippen molar-refractivity contribution in [3.8, 4) is 11.3 Å². The van der Waals surface area contributed by atoms with Crippen LogP contribution in [0.1, 0.15) is 10.4 Å². The van der Waals surface area contributed by atoms with Crippen LogP contribution in [-0.2, 0) is 0 Å². The average molecular weight is 303 g/mol. The number of rotatable bonds is 2. The highest BCUT2D eigenvalue weighted by Crippen LogP contribution is 2.28. The number of hydrogen-bond donors (Lipinski definition) is 1. The monoisotopic (exact) mass is 301 g/mol. The molecule has 1 heterocycles. The van der Waals surface area contributed by atoms with Gasteiger partial charge in [0, 0.05) is 5.56 Å². The number of nitrogens with zero attached hydrogens (tertiary/aromatic N) is 1. The van der Waals surface area contributed by atoms with Crippen LogP contribution in [0.2, 0.25) is 15.2 Å². The van der Waals surface area contributed by atoms with Crippen molar-refractivity contribution >= 4 is 40.8 Å². The molecular formula is C12H6Cl3NO2. The van der Waals surface area contributed by atoms with E-state index in [4.69, 9.17) is 39.9 Å². The molecule has 2 rings (SSSR count). The maximum absolute atomic E-state index is 10.9. The first kappa shape index (κ1) is 13.1. The third-order valence-electron chi connectivity index (χ3n) is 2.26. The zero-order valence-corrected chi connectivity index (χ0v) is 11.1. The van der Waals surface area contributed by atoms with E-state index in [1.165, 1.54) is 12.1 Å². The van der Waals surface area contributed by atoms with Gasteiger partial charge in [0.2, 0.25) is 0 Å². The van der Waals surface area contributed by atoms with Crippen molar-refractivity contribution in [2.24, 2.45) is 0 Å². The second kappa shape index (κ2) is 5.14. The van der Waals surface area contributed by atoms with E-state index in [0.29, 0.717) is 21.3 Å². The van der Waals surface area contributed by atoms with Crippen molar-refractivity contribution in [2.45, 2.75) is 0 Å². The Morgan fingerprint density at radius 3 is 2.39 bits per heavy atom. The van der Waals surface area contributed by atoms with Crippen LogP contribution in [0.25, 0.3) is 11.3 Å². The SMILES string of the molecule is O=C(O)c1cc(Cl)nc(-c2ccc(Cl)c(Cl)c2)c1. The van der Waals surface area contributed by atoms with Crippen molar-refractivity contribution in [3.63, 3.8) is 0 Å². The van der Waals surface area contributed by atoms with Gasteiger partial charge in [-0.3, -0.25) is 0 Å². The molecule has 0 fully saturated rings. The summed E-state index contributed by atoms with van der Waals surface area (Å²) in [5.74, 6) is -1.07. The van der Waals surface area contributed by atoms with Crippen LogP contribution < -0.4 is 0 Å². The summed E-state index contributed by atoms with van der Waals surface area (Å²) in [4.78, 5) is 15.0. The third-order valence-corrected chi connectivity index (χ3v) is 3.19. The number of carbonyl (C=O) groups is 1. The van der Waals surface area contributed by atoms with Crippen molar-refractivity contribution < 1.29 is 9.90 Å². The van der Waals surface area contributed by atoms with E-state index >= 15 is 0 Å². The molecule has 1 aromatic heterocycles. The summed E-state index contributed by atoms with van der Waals surface area (Å²) in [5.41, 5.74) is 1.14. The number of carboxylic acid groups (broad SMARTS) is 1. The summed E-state index contributed by atoms with van der Waals surface area (Å²) in [7, 11) is 0. The fourth-order valence-corrected chi connectivity index (χ4v) is 1.93. The number of aromatic carboxylic acids is 1. The highest BCUT2D eigenvalue weighted by Gasteiger charge is 2.10. The molecule has 0 radical (unpaired) electrons. The minimum atomic E-state index is -1.07. The lowest BCUT2D eigenvalue weighted by Crippen LogP contribution is -1.98. The Balaban J connectivity index is 2.56. The molecule has 0 aliphatic carbocycles. The predicted molar refractivity (Wildman–Crippen MR) is 71.7 cm³/mol. The van der Waals surface area contributed by atoms with Crippen molar-refractivity contribution in [2.75, 3.05) is 0 Å². The first-order chi connectivity index (χ1) is 8.47. The molecule has 92 valence electrons. The number of aromatic nitrogens is 1. The highest BCUT2D eigenvalue weighted by molar-refractivity contribution is 6.42. The maximum atomic E-state index is 10.9. The number of halogens is 3. The topological polar surface area (TPSA) is 50.2 Å². The largest absolute Gasteiger partial charge is 0.478 e. The molecule has 1 aromatic carbocycles. The van der Waals surface area contributed by atoms with Crippen LogP contribution >= 0.6 is 34.8 Å². The van der Waals surface area contributed by atoms with Gasteiger partial charge in [0.1, 0.15) is 5.15 Å². The Labute approximate surface area is 118 Å². The third kappa shape index (κ3) is 2.75. The van der Waals surface area contributed by atoms with Crippen molar-refractivity contribution in [1.82, 2.24) is 4.98 Å². The quantitative estimate of drug-likeness (QED) is 0.836. The van der Waals surface area contributed by atoms with Crippen LogP contribution in [0.5, 0.6) is 0 Å². The maximum Gasteiger partial charge on any atom is 0.335 e. The second-order valence-electron chi connectivity index (χ2n) is 3.50. The molecule has 0 saturated carbocycles. The van der Waals surface area contributed by atoms with Gasteiger partial charge >= 0.3 is 5.97 Å². The molecule has 2 aromatic rings. The van der Waals surface area contributed by atoms with Crippen LogP contribution in [0.3, 0.4) is 0 Å². The summed E-state index contributed by atoms with van der Waals surface area (Å²) in [6, 6.07) is 7.62. The summed E-state index contributed by atoms with van der Waals surface area (Å²) < 4.78 is 0. The van der Waals surface area contributed by atoms with Gasteiger partial charge in [-0.05, 0) is 24.3 Å². The van der Waals surface area contributed by atoms with E-state index in [2.05, 4.69) is 4.98 Å². The van der Waals surface area contributed by atoms with E-state index in [-0.39, 0.29) is 10.7 Å². The second-order valence-corrected chi connectivity index (χ2v) is 4.70. The van der Waals surface area contributed by atoms with Crippen LogP contribution in [0.4, 0.5) is 0 Å². The van der Waals surface area contributed by atoms with Crippen LogP contribution in [0.15, 0.2) is 30.3 Å². The zero-order valence-electron chi connectivity index (χ0n) is 8.82. The predicted octanol–water partition coefficient (Wildman–Crippen LogP) is 4.41. The summed E-state index contributed by atoms with van der Waals surface area (Å²) >= 11 is 17.5. The van der Waals surface area contributed by atoms with Gasteiger partial charge < -0.3 is 5.11 Å². The zero-order chi connectivity index (χ0) is 13.3. The molecule has 0 saturated heterocycles. The Morgan fingerprint density at radius 1 is 1.06 bits per heavy atom. The number of carboxylic acids is 1. The molecule has 3 nitrogen and oxygen atoms in total. The lowest BCUT2D eigenvalue weighted by Gasteiger charge is -2.05. The molecule has 0 aliphatic rings. The molecule has 18 heavy (non-hydrogen) atoms. The van der Waals surface area contributed by atoms with Gasteiger partial charge in [0.05, 0.1) is 21.3 Å². The Morgan fingerprint density at radius 2 is 1.78 bits per heavy atom. The standard InChI is InChI=1S/C12H6Cl3NO2/c13-8-2-1-6(3-9(8)14)10-4-7(12(17)18)5-11(15)16-10/h1-5H,(H,17,18). The van der Waals surface area contributed by atoms with E-state index in [9.17, 15) is 4.79 Å². The average Bonchev–Trinajstić information content (AvgIpc) is 2.31. The van der Waals surface area contributed by atoms with Gasteiger partial charge in [0.15, 0.2) is 0 Å². The normalized spacial score (nSPS) is 10.4. The molecule has 0 spiro atoms. The lowest BCUT2D eigenvalue weighted by molar-refractivity contribution is 0.0697. The van der Waals surface area contributed by atoms with Gasteiger partial charge in [0.25, 0.3) is 0 Å². The fourth-order valence-electron chi connectivity index (χ4n) is 1.42. The van der Waals surface area contributed by atoms with E-state index in [1.54, 1.807) is 18.2 Å². The Hall–Kier alpha value is -1.29. The molecule has 0 amide bonds. The summed E-state index contributed by atoms with van der Waals surface area (Å²) in [6.45, 7) is 0. The van der Waals surface area contributed by atoms with Gasteiger partial charge in [-0.1, -0.05) is 40.9 Å². The summed E-state index contributed by atoms with van der Waals surface area (Å²) in [6.07, 6.45) is 0. The number of pyridine rings is 1. The fraction of sp³-hybridized carbons (Fsp3) is 0. The Kier molecular flexibility index (Phi) is 3.76. The lowest BCUT2D eigenvalue weighted by atomic mass is 10.1. The first-order valence-electron chi connectivity index (χ1n) is 4.83. The van der Waals surface area contributed by atoms with E-state index in [0.717, 1.165) is 0 Å². The molecular weight excluding hydrogens is 296 g/mol. The molecule has 1 N–H and O–H groups in total. The van der Waals surface area contributed by atoms with Crippen molar-refractivity contribution in [1.29, 1.82) is 0 Å². The van der Waals surface area contributed by atoms with Crippen LogP contribution in [-0.4, -0.2) is 16.1 Å². The highest BCUT2D eigenvalue weighted by atomic mass is 35.5. The smallest absolute Gasteiger partial charge is 0.335 e. The van der Waals surface area contributed by atoms with Gasteiger partial charge in [-0.15, -0.1) is 0 Å². The minimum absolute atomic E-state index is 0.0658. The molecule has 0 atom stereocenters. The molecule has 0 aliphatic heterocycles. The Bertz CT molecular complexity index is 629. The molecule has 6 heteroatoms. The molecule has 0 unspecified atom stereocenters. The van der Waals surface area contributed by atoms with Gasteiger partial charge in [-0.25, -0.2) is 9.78 Å². The number of benzene rings is 1. The minimum Gasteiger partial charge on any atom is -0.478 e. The molecule has 0 bridgehead atoms. The van der Waals surface area contributed by atoms with Crippen LogP contribution in [0, 0.1) is 0 Å². The first-order valence-corrected chi connectivity index (χ1v) is 5.97. The van der Waals surface area contributed by atoms with Gasteiger partial charge in [-0.2, -0.15) is 0 Å². The van der Waals surface area contributed by atoms with E-state index in [1.807, 2.05) is 0 Å². The summed E-state index contributed by atoms with van der Waals surface area (Å²) in [5, 5.41) is 9.84. The van der Waals surface area contributed by atoms with Crippen molar-refractivity contribution in [3.05, 3.63) is 51.1 Å².